The van der Waals surface area contributed by atoms with E-state index in [4.69, 9.17) is 18.9 Å². The van der Waals surface area contributed by atoms with Crippen LogP contribution in [0.2, 0.25) is 0 Å². The number of amides is 1. The Balaban J connectivity index is 1.80. The number of hydrogen-bond acceptors (Lipinski definition) is 10. The molecule has 168 valence electrons. The maximum Gasteiger partial charge on any atom is 0.286 e. The van der Waals surface area contributed by atoms with Crippen molar-refractivity contribution in [3.63, 3.8) is 0 Å². The Morgan fingerprint density at radius 2 is 1.59 bits per heavy atom. The van der Waals surface area contributed by atoms with E-state index >= 15 is 0 Å². The van der Waals surface area contributed by atoms with Crippen LogP contribution in [-0.4, -0.2) is 49.5 Å². The molecule has 1 amide bonds. The van der Waals surface area contributed by atoms with Gasteiger partial charge in [-0.2, -0.15) is 0 Å². The van der Waals surface area contributed by atoms with Crippen LogP contribution in [0.5, 0.6) is 23.0 Å². The van der Waals surface area contributed by atoms with Crippen LogP contribution in [0.3, 0.4) is 0 Å². The monoisotopic (exact) mass is 460 g/mol. The zero-order valence-corrected chi connectivity index (χ0v) is 18.5. The fraction of sp³-hybridized carbons (Fsp3) is 0.250. The molecule has 0 saturated carbocycles. The van der Waals surface area contributed by atoms with E-state index in [1.165, 1.54) is 20.3 Å². The highest BCUT2D eigenvalue weighted by molar-refractivity contribution is 7.15. The smallest absolute Gasteiger partial charge is 0.286 e. The van der Waals surface area contributed by atoms with Gasteiger partial charge >= 0.3 is 0 Å². The molecular weight excluding hydrogens is 440 g/mol. The van der Waals surface area contributed by atoms with E-state index in [2.05, 4.69) is 15.5 Å². The van der Waals surface area contributed by atoms with Gasteiger partial charge in [0.15, 0.2) is 23.0 Å². The van der Waals surface area contributed by atoms with Crippen molar-refractivity contribution in [3.05, 3.63) is 56.6 Å². The fourth-order valence-electron chi connectivity index (χ4n) is 2.91. The number of aromatic nitrogens is 2. The summed E-state index contributed by atoms with van der Waals surface area (Å²) in [4.78, 5) is 23.5. The van der Waals surface area contributed by atoms with Crippen molar-refractivity contribution < 1.29 is 28.7 Å². The summed E-state index contributed by atoms with van der Waals surface area (Å²) < 4.78 is 20.7. The maximum atomic E-state index is 12.7. The second-order valence-electron chi connectivity index (χ2n) is 6.30. The molecule has 1 aromatic heterocycles. The summed E-state index contributed by atoms with van der Waals surface area (Å²) >= 11 is 1.15. The van der Waals surface area contributed by atoms with Crippen LogP contribution in [0.4, 0.5) is 10.8 Å². The van der Waals surface area contributed by atoms with Crippen LogP contribution in [0.1, 0.15) is 20.9 Å². The zero-order valence-electron chi connectivity index (χ0n) is 17.7. The lowest BCUT2D eigenvalue weighted by Gasteiger charge is -2.10. The molecule has 3 rings (SSSR count). The molecule has 1 N–H and O–H groups in total. The third kappa shape index (κ3) is 4.86. The Kier molecular flexibility index (Phi) is 7.05. The normalized spacial score (nSPS) is 10.4. The number of methoxy groups -OCH3 is 4. The summed E-state index contributed by atoms with van der Waals surface area (Å²) in [6.45, 7) is 0. The number of ether oxygens (including phenoxy) is 4. The maximum absolute atomic E-state index is 12.7. The second-order valence-corrected chi connectivity index (χ2v) is 7.36. The Hall–Kier alpha value is -3.93. The number of carbonyl (C=O) groups is 1. The largest absolute Gasteiger partial charge is 0.493 e. The number of benzene rings is 2. The summed E-state index contributed by atoms with van der Waals surface area (Å²) in [5, 5.41) is 22.9. The molecule has 0 aliphatic carbocycles. The van der Waals surface area contributed by atoms with Crippen LogP contribution < -0.4 is 24.3 Å². The second kappa shape index (κ2) is 9.92. The molecule has 12 heteroatoms. The SMILES string of the molecule is COc1ccc(Cc2nnc(NC(=O)c3cc(OC)c(OC)cc3[N+](=O)[O-])s2)cc1OC. The lowest BCUT2D eigenvalue weighted by Crippen LogP contribution is -2.14. The van der Waals surface area contributed by atoms with Gasteiger partial charge in [-0.25, -0.2) is 0 Å². The van der Waals surface area contributed by atoms with E-state index < -0.39 is 16.5 Å². The molecule has 0 unspecified atom stereocenters. The standard InChI is InChI=1S/C20H20N4O7S/c1-28-14-6-5-11(7-15(14)29-2)8-18-22-23-20(32-18)21-19(25)12-9-16(30-3)17(31-4)10-13(12)24(26)27/h5-7,9-10H,8H2,1-4H3,(H,21,23,25). The summed E-state index contributed by atoms with van der Waals surface area (Å²) in [6, 6.07) is 7.86. The average molecular weight is 460 g/mol. The molecule has 11 nitrogen and oxygen atoms in total. The first-order valence-corrected chi connectivity index (χ1v) is 9.96. The van der Waals surface area contributed by atoms with Gasteiger partial charge < -0.3 is 18.9 Å². The van der Waals surface area contributed by atoms with Gasteiger partial charge in [-0.3, -0.25) is 20.2 Å². The average Bonchev–Trinajstić information content (AvgIpc) is 3.24. The highest BCUT2D eigenvalue weighted by Gasteiger charge is 2.25. The molecule has 0 saturated heterocycles. The van der Waals surface area contributed by atoms with Gasteiger partial charge in [-0.15, -0.1) is 10.2 Å². The molecule has 0 radical (unpaired) electrons. The number of nitrogens with one attached hydrogen (secondary N) is 1. The Bertz CT molecular complexity index is 1150. The number of carbonyl (C=O) groups excluding carboxylic acids is 1. The summed E-state index contributed by atoms with van der Waals surface area (Å²) in [7, 11) is 5.83. The van der Waals surface area contributed by atoms with Crippen molar-refractivity contribution in [3.8, 4) is 23.0 Å². The van der Waals surface area contributed by atoms with Gasteiger partial charge in [-0.1, -0.05) is 17.4 Å². The minimum absolute atomic E-state index is 0.142. The van der Waals surface area contributed by atoms with Crippen molar-refractivity contribution in [1.82, 2.24) is 10.2 Å². The van der Waals surface area contributed by atoms with Crippen molar-refractivity contribution in [2.24, 2.45) is 0 Å². The third-order valence-electron chi connectivity index (χ3n) is 4.43. The van der Waals surface area contributed by atoms with Crippen molar-refractivity contribution in [2.45, 2.75) is 6.42 Å². The van der Waals surface area contributed by atoms with Crippen LogP contribution in [0.15, 0.2) is 30.3 Å². The molecule has 32 heavy (non-hydrogen) atoms. The van der Waals surface area contributed by atoms with Crippen molar-refractivity contribution in [2.75, 3.05) is 33.8 Å². The van der Waals surface area contributed by atoms with Gasteiger partial charge in [0.05, 0.1) is 39.4 Å². The van der Waals surface area contributed by atoms with E-state index in [9.17, 15) is 14.9 Å². The van der Waals surface area contributed by atoms with E-state index in [0.29, 0.717) is 22.9 Å². The number of nitrogens with zero attached hydrogens (tertiary/aromatic N) is 3. The predicted molar refractivity (Wildman–Crippen MR) is 116 cm³/mol. The first-order valence-electron chi connectivity index (χ1n) is 9.15. The van der Waals surface area contributed by atoms with E-state index in [0.717, 1.165) is 23.0 Å². The summed E-state index contributed by atoms with van der Waals surface area (Å²) in [5.41, 5.74) is 0.298. The van der Waals surface area contributed by atoms with Gasteiger partial charge in [0, 0.05) is 12.5 Å². The number of hydrogen-bond donors (Lipinski definition) is 1. The number of anilines is 1. The topological polar surface area (TPSA) is 135 Å². The zero-order chi connectivity index (χ0) is 23.3. The minimum Gasteiger partial charge on any atom is -0.493 e. The highest BCUT2D eigenvalue weighted by atomic mass is 32.1. The first kappa shape index (κ1) is 22.7. The first-order chi connectivity index (χ1) is 15.4. The molecule has 0 aliphatic rings. The van der Waals surface area contributed by atoms with E-state index in [1.54, 1.807) is 20.3 Å². The molecule has 0 aliphatic heterocycles. The third-order valence-corrected chi connectivity index (χ3v) is 5.27. The van der Waals surface area contributed by atoms with Crippen LogP contribution in [0.25, 0.3) is 0 Å². The van der Waals surface area contributed by atoms with Crippen molar-refractivity contribution >= 4 is 28.1 Å². The van der Waals surface area contributed by atoms with Gasteiger partial charge in [0.25, 0.3) is 11.6 Å². The predicted octanol–water partition coefficient (Wildman–Crippen LogP) is 3.32. The van der Waals surface area contributed by atoms with Gasteiger partial charge in [0.1, 0.15) is 10.6 Å². The molecule has 0 bridgehead atoms. The minimum atomic E-state index is -0.716. The Morgan fingerprint density at radius 1 is 0.969 bits per heavy atom. The van der Waals surface area contributed by atoms with Crippen molar-refractivity contribution in [1.29, 1.82) is 0 Å². The molecule has 0 atom stereocenters. The summed E-state index contributed by atoms with van der Waals surface area (Å²) in [6.07, 6.45) is 0.449. The number of nitro benzene ring substituents is 1. The molecule has 0 fully saturated rings. The lowest BCUT2D eigenvalue weighted by atomic mass is 10.1. The number of nitro groups is 1. The highest BCUT2D eigenvalue weighted by Crippen LogP contribution is 2.35. The van der Waals surface area contributed by atoms with Crippen LogP contribution >= 0.6 is 11.3 Å². The van der Waals surface area contributed by atoms with Crippen LogP contribution in [0, 0.1) is 10.1 Å². The Labute approximate surface area is 187 Å². The van der Waals surface area contributed by atoms with Gasteiger partial charge in [-0.05, 0) is 17.7 Å². The quantitative estimate of drug-likeness (QED) is 0.377. The van der Waals surface area contributed by atoms with E-state index in [1.807, 2.05) is 12.1 Å². The van der Waals surface area contributed by atoms with Gasteiger partial charge in [0.2, 0.25) is 5.13 Å². The molecular formula is C20H20N4O7S. The number of rotatable bonds is 9. The molecule has 2 aromatic carbocycles. The van der Waals surface area contributed by atoms with Crippen LogP contribution in [-0.2, 0) is 6.42 Å². The fourth-order valence-corrected chi connectivity index (χ4v) is 3.68. The Morgan fingerprint density at radius 3 is 2.22 bits per heavy atom. The van der Waals surface area contributed by atoms with E-state index in [-0.39, 0.29) is 22.2 Å². The molecule has 3 aromatic rings. The lowest BCUT2D eigenvalue weighted by molar-refractivity contribution is -0.385. The molecule has 0 spiro atoms. The molecule has 1 heterocycles. The summed E-state index contributed by atoms with van der Waals surface area (Å²) in [5.74, 6) is 0.812.